The van der Waals surface area contributed by atoms with Crippen molar-refractivity contribution < 1.29 is 13.2 Å². The summed E-state index contributed by atoms with van der Waals surface area (Å²) in [6.07, 6.45) is 3.51. The second kappa shape index (κ2) is 9.14. The zero-order valence-electron chi connectivity index (χ0n) is 19.7. The third kappa shape index (κ3) is 4.05. The molecule has 0 spiro atoms. The van der Waals surface area contributed by atoms with E-state index >= 15 is 0 Å². The molecule has 1 aliphatic heterocycles. The van der Waals surface area contributed by atoms with E-state index in [0.29, 0.717) is 29.2 Å². The number of aryl methyl sites for hydroxylation is 1. The van der Waals surface area contributed by atoms with Crippen molar-refractivity contribution in [1.82, 2.24) is 19.5 Å². The smallest absolute Gasteiger partial charge is 0.264 e. The highest BCUT2D eigenvalue weighted by Crippen LogP contribution is 2.33. The number of pyridine rings is 1. The van der Waals surface area contributed by atoms with E-state index in [9.17, 15) is 13.2 Å². The van der Waals surface area contributed by atoms with Gasteiger partial charge in [0.15, 0.2) is 11.5 Å². The Labute approximate surface area is 204 Å². The van der Waals surface area contributed by atoms with Crippen molar-refractivity contribution in [1.29, 1.82) is 0 Å². The summed E-state index contributed by atoms with van der Waals surface area (Å²) < 4.78 is 30.6. The van der Waals surface area contributed by atoms with E-state index in [1.165, 1.54) is 10.4 Å². The molecule has 35 heavy (non-hydrogen) atoms. The molecule has 4 aromatic rings. The highest BCUT2D eigenvalue weighted by molar-refractivity contribution is 7.92. The first-order valence-corrected chi connectivity index (χ1v) is 13.1. The number of hydrogen-bond donors (Lipinski definition) is 0. The molecule has 8 nitrogen and oxygen atoms in total. The summed E-state index contributed by atoms with van der Waals surface area (Å²) in [4.78, 5) is 15.6. The molecule has 0 N–H and O–H groups in total. The lowest BCUT2D eigenvalue weighted by molar-refractivity contribution is 0.0729. The standard InChI is InChI=1S/C26H27N5O3S/c1-3-31(21-10-5-4-6-11-21)35(33,34)23-18-20(15-14-19(23)2)26(32)29-17-9-12-22(29)25-28-27-24-13-7-8-16-30(24)25/h4-8,10-11,13-16,18,22H,3,9,12,17H2,1-2H3/t22-/m0/s1. The van der Waals surface area contributed by atoms with Gasteiger partial charge in [0.05, 0.1) is 16.6 Å². The molecule has 0 saturated carbocycles. The topological polar surface area (TPSA) is 87.9 Å². The van der Waals surface area contributed by atoms with Crippen LogP contribution in [-0.4, -0.2) is 46.9 Å². The minimum atomic E-state index is -3.86. The van der Waals surface area contributed by atoms with Crippen LogP contribution in [0, 0.1) is 6.92 Å². The van der Waals surface area contributed by atoms with Crippen LogP contribution < -0.4 is 4.31 Å². The normalized spacial score (nSPS) is 16.1. The summed E-state index contributed by atoms with van der Waals surface area (Å²) in [6.45, 7) is 4.40. The zero-order chi connectivity index (χ0) is 24.6. The molecule has 1 aliphatic rings. The quantitative estimate of drug-likeness (QED) is 0.404. The van der Waals surface area contributed by atoms with Crippen molar-refractivity contribution in [2.75, 3.05) is 17.4 Å². The van der Waals surface area contributed by atoms with Gasteiger partial charge in [0.2, 0.25) is 0 Å². The van der Waals surface area contributed by atoms with Crippen molar-refractivity contribution in [3.05, 3.63) is 89.9 Å². The number of hydrogen-bond acceptors (Lipinski definition) is 5. The van der Waals surface area contributed by atoms with E-state index in [-0.39, 0.29) is 23.4 Å². The summed E-state index contributed by atoms with van der Waals surface area (Å²) in [5.74, 6) is 0.507. The van der Waals surface area contributed by atoms with Gasteiger partial charge in [0, 0.05) is 24.8 Å². The van der Waals surface area contributed by atoms with Crippen LogP contribution in [0.4, 0.5) is 5.69 Å². The van der Waals surface area contributed by atoms with E-state index in [1.807, 2.05) is 47.0 Å². The number of aromatic nitrogens is 3. The second-order valence-corrected chi connectivity index (χ2v) is 10.5. The lowest BCUT2D eigenvalue weighted by atomic mass is 10.1. The molecule has 1 atom stereocenters. The van der Waals surface area contributed by atoms with Gasteiger partial charge in [0.1, 0.15) is 0 Å². The maximum absolute atomic E-state index is 13.7. The minimum absolute atomic E-state index is 0.137. The summed E-state index contributed by atoms with van der Waals surface area (Å²) in [6, 6.07) is 19.4. The molecule has 0 unspecified atom stereocenters. The zero-order valence-corrected chi connectivity index (χ0v) is 20.5. The molecule has 0 bridgehead atoms. The maximum Gasteiger partial charge on any atom is 0.264 e. The fourth-order valence-corrected chi connectivity index (χ4v) is 6.47. The van der Waals surface area contributed by atoms with Crippen LogP contribution in [0.1, 0.15) is 47.6 Å². The first-order chi connectivity index (χ1) is 16.9. The van der Waals surface area contributed by atoms with Gasteiger partial charge in [-0.15, -0.1) is 10.2 Å². The molecule has 0 radical (unpaired) electrons. The summed E-state index contributed by atoms with van der Waals surface area (Å²) in [7, 11) is -3.86. The second-order valence-electron chi connectivity index (χ2n) is 8.63. The summed E-state index contributed by atoms with van der Waals surface area (Å²) in [5, 5.41) is 8.59. The molecule has 1 fully saturated rings. The van der Waals surface area contributed by atoms with Crippen LogP contribution in [0.2, 0.25) is 0 Å². The van der Waals surface area contributed by atoms with Gasteiger partial charge in [-0.1, -0.05) is 30.3 Å². The molecule has 5 rings (SSSR count). The lowest BCUT2D eigenvalue weighted by Crippen LogP contribution is -2.33. The van der Waals surface area contributed by atoms with Gasteiger partial charge in [-0.25, -0.2) is 8.42 Å². The molecule has 1 saturated heterocycles. The third-order valence-electron chi connectivity index (χ3n) is 6.49. The van der Waals surface area contributed by atoms with Gasteiger partial charge >= 0.3 is 0 Å². The Morgan fingerprint density at radius 3 is 2.60 bits per heavy atom. The van der Waals surface area contributed by atoms with Crippen molar-refractivity contribution in [2.24, 2.45) is 0 Å². The number of anilines is 1. The number of amides is 1. The van der Waals surface area contributed by atoms with Gasteiger partial charge in [-0.2, -0.15) is 0 Å². The predicted molar refractivity (Wildman–Crippen MR) is 134 cm³/mol. The number of carbonyl (C=O) groups is 1. The Morgan fingerprint density at radius 1 is 1.06 bits per heavy atom. The van der Waals surface area contributed by atoms with Crippen LogP contribution in [0.3, 0.4) is 0 Å². The first kappa shape index (κ1) is 23.0. The van der Waals surface area contributed by atoms with Crippen LogP contribution in [0.15, 0.2) is 77.8 Å². The van der Waals surface area contributed by atoms with E-state index < -0.39 is 10.0 Å². The summed E-state index contributed by atoms with van der Waals surface area (Å²) in [5.41, 5.74) is 2.26. The van der Waals surface area contributed by atoms with Gasteiger partial charge < -0.3 is 4.90 Å². The van der Waals surface area contributed by atoms with Crippen molar-refractivity contribution in [3.8, 4) is 0 Å². The van der Waals surface area contributed by atoms with Crippen LogP contribution in [0.25, 0.3) is 5.65 Å². The van der Waals surface area contributed by atoms with Gasteiger partial charge in [-0.05, 0) is 68.7 Å². The van der Waals surface area contributed by atoms with Crippen molar-refractivity contribution in [2.45, 2.75) is 37.6 Å². The highest BCUT2D eigenvalue weighted by atomic mass is 32.2. The average Bonchev–Trinajstić information content (AvgIpc) is 3.52. The number of fused-ring (bicyclic) bond motifs is 1. The molecular formula is C26H27N5O3S. The number of benzene rings is 2. The van der Waals surface area contributed by atoms with E-state index in [1.54, 1.807) is 43.0 Å². The summed E-state index contributed by atoms with van der Waals surface area (Å²) >= 11 is 0. The SMILES string of the molecule is CCN(c1ccccc1)S(=O)(=O)c1cc(C(=O)N2CCC[C@H]2c2nnc3ccccn23)ccc1C. The third-order valence-corrected chi connectivity index (χ3v) is 8.53. The number of sulfonamides is 1. The molecule has 1 amide bonds. The van der Waals surface area contributed by atoms with E-state index in [0.717, 1.165) is 18.5 Å². The van der Waals surface area contributed by atoms with E-state index in [4.69, 9.17) is 0 Å². The number of rotatable bonds is 6. The molecule has 2 aromatic carbocycles. The molecule has 3 heterocycles. The molecule has 2 aromatic heterocycles. The fourth-order valence-electron chi connectivity index (χ4n) is 4.75. The number of carbonyl (C=O) groups excluding carboxylic acids is 1. The van der Waals surface area contributed by atoms with Gasteiger partial charge in [-0.3, -0.25) is 13.5 Å². The number of likely N-dealkylation sites (tertiary alicyclic amines) is 1. The van der Waals surface area contributed by atoms with Crippen molar-refractivity contribution >= 4 is 27.3 Å². The van der Waals surface area contributed by atoms with Crippen LogP contribution in [0.5, 0.6) is 0 Å². The number of para-hydroxylation sites is 1. The Balaban J connectivity index is 1.50. The average molecular weight is 490 g/mol. The fraction of sp³-hybridized carbons (Fsp3) is 0.269. The van der Waals surface area contributed by atoms with Crippen LogP contribution in [-0.2, 0) is 10.0 Å². The van der Waals surface area contributed by atoms with Crippen molar-refractivity contribution in [3.63, 3.8) is 0 Å². The Morgan fingerprint density at radius 2 is 1.83 bits per heavy atom. The molecule has 180 valence electrons. The van der Waals surface area contributed by atoms with E-state index in [2.05, 4.69) is 10.2 Å². The number of nitrogens with zero attached hydrogens (tertiary/aromatic N) is 5. The molecule has 9 heteroatoms. The Bertz CT molecular complexity index is 1480. The highest BCUT2D eigenvalue weighted by Gasteiger charge is 2.35. The molecule has 0 aliphatic carbocycles. The first-order valence-electron chi connectivity index (χ1n) is 11.7. The lowest BCUT2D eigenvalue weighted by Gasteiger charge is -2.26. The largest absolute Gasteiger partial charge is 0.328 e. The van der Waals surface area contributed by atoms with Gasteiger partial charge in [0.25, 0.3) is 15.9 Å². The van der Waals surface area contributed by atoms with Crippen LogP contribution >= 0.6 is 0 Å². The minimum Gasteiger partial charge on any atom is -0.328 e. The Hall–Kier alpha value is -3.72. The Kier molecular flexibility index (Phi) is 6.02. The maximum atomic E-state index is 13.7. The monoisotopic (exact) mass is 489 g/mol. The predicted octanol–water partition coefficient (Wildman–Crippen LogP) is 4.23. The molecular weight excluding hydrogens is 462 g/mol.